The molecule has 1 aliphatic rings. The van der Waals surface area contributed by atoms with Gasteiger partial charge in [-0.3, -0.25) is 4.90 Å². The van der Waals surface area contributed by atoms with Crippen molar-refractivity contribution in [1.82, 2.24) is 10.2 Å². The minimum absolute atomic E-state index is 0.222. The van der Waals surface area contributed by atoms with Crippen LogP contribution in [0.4, 0.5) is 0 Å². The summed E-state index contributed by atoms with van der Waals surface area (Å²) in [6.07, 6.45) is 0.785. The molecule has 0 bridgehead atoms. The van der Waals surface area contributed by atoms with Crippen molar-refractivity contribution in [3.05, 3.63) is 29.3 Å². The van der Waals surface area contributed by atoms with Crippen molar-refractivity contribution in [2.75, 3.05) is 39.9 Å². The highest BCUT2D eigenvalue weighted by Gasteiger charge is 2.23. The van der Waals surface area contributed by atoms with Crippen molar-refractivity contribution in [1.29, 1.82) is 0 Å². The molecular formula is C15H24N2O2. The Labute approximate surface area is 115 Å². The van der Waals surface area contributed by atoms with E-state index in [0.717, 1.165) is 38.3 Å². The molecule has 1 fully saturated rings. The summed E-state index contributed by atoms with van der Waals surface area (Å²) in [5, 5.41) is 12.7. The Morgan fingerprint density at radius 1 is 1.37 bits per heavy atom. The molecule has 2 N–H and O–H groups in total. The van der Waals surface area contributed by atoms with Gasteiger partial charge in [-0.15, -0.1) is 0 Å². The number of hydrogen-bond acceptors (Lipinski definition) is 4. The number of aryl methyl sites for hydroxylation is 1. The first-order chi connectivity index (χ1) is 9.26. The molecule has 1 aromatic rings. The van der Waals surface area contributed by atoms with Gasteiger partial charge in [0.15, 0.2) is 0 Å². The zero-order valence-corrected chi connectivity index (χ0v) is 11.9. The fraction of sp³-hybridized carbons (Fsp3) is 0.600. The van der Waals surface area contributed by atoms with Gasteiger partial charge in [-0.05, 0) is 36.6 Å². The van der Waals surface area contributed by atoms with Gasteiger partial charge in [0.2, 0.25) is 0 Å². The minimum Gasteiger partial charge on any atom is -0.497 e. The van der Waals surface area contributed by atoms with Crippen molar-refractivity contribution in [3.63, 3.8) is 0 Å². The number of aliphatic hydroxyl groups is 1. The molecule has 0 aromatic heterocycles. The molecule has 0 amide bonds. The summed E-state index contributed by atoms with van der Waals surface area (Å²) in [6.45, 7) is 6.46. The number of nitrogens with one attached hydrogen (secondary N) is 1. The Morgan fingerprint density at radius 3 is 2.68 bits per heavy atom. The van der Waals surface area contributed by atoms with Crippen LogP contribution < -0.4 is 10.1 Å². The molecule has 0 saturated carbocycles. The summed E-state index contributed by atoms with van der Waals surface area (Å²) in [7, 11) is 1.69. The van der Waals surface area contributed by atoms with Gasteiger partial charge in [-0.25, -0.2) is 0 Å². The average molecular weight is 264 g/mol. The lowest BCUT2D eigenvalue weighted by molar-refractivity contribution is 0.140. The lowest BCUT2D eigenvalue weighted by atomic mass is 9.96. The Kier molecular flexibility index (Phi) is 5.19. The molecule has 1 aliphatic heterocycles. The number of hydrogen-bond donors (Lipinski definition) is 2. The Bertz CT molecular complexity index is 403. The summed E-state index contributed by atoms with van der Waals surface area (Å²) in [5.41, 5.74) is 2.54. The van der Waals surface area contributed by atoms with E-state index in [0.29, 0.717) is 6.04 Å². The molecule has 19 heavy (non-hydrogen) atoms. The zero-order chi connectivity index (χ0) is 13.7. The summed E-state index contributed by atoms with van der Waals surface area (Å²) in [5.74, 6) is 0.893. The Hall–Kier alpha value is -1.10. The quantitative estimate of drug-likeness (QED) is 0.842. The SMILES string of the molecule is COc1ccc([C@H](CCO)N2CCNCC2)c(C)c1. The number of aliphatic hydroxyl groups excluding tert-OH is 1. The maximum Gasteiger partial charge on any atom is 0.119 e. The molecule has 0 unspecified atom stereocenters. The van der Waals surface area contributed by atoms with Crippen LogP contribution in [0.25, 0.3) is 0 Å². The normalized spacial score (nSPS) is 18.3. The fourth-order valence-electron chi connectivity index (χ4n) is 2.80. The third kappa shape index (κ3) is 3.47. The van der Waals surface area contributed by atoms with E-state index in [9.17, 15) is 5.11 Å². The van der Waals surface area contributed by atoms with Crippen molar-refractivity contribution in [2.45, 2.75) is 19.4 Å². The molecule has 1 aromatic carbocycles. The Balaban J connectivity index is 2.22. The van der Waals surface area contributed by atoms with E-state index in [1.807, 2.05) is 6.07 Å². The van der Waals surface area contributed by atoms with Crippen molar-refractivity contribution in [3.8, 4) is 5.75 Å². The van der Waals surface area contributed by atoms with E-state index in [1.54, 1.807) is 7.11 Å². The van der Waals surface area contributed by atoms with E-state index in [2.05, 4.69) is 29.3 Å². The van der Waals surface area contributed by atoms with Crippen LogP contribution in [-0.4, -0.2) is 49.9 Å². The second-order valence-electron chi connectivity index (χ2n) is 5.04. The molecule has 4 nitrogen and oxygen atoms in total. The van der Waals surface area contributed by atoms with Gasteiger partial charge >= 0.3 is 0 Å². The lowest BCUT2D eigenvalue weighted by Crippen LogP contribution is -2.45. The van der Waals surface area contributed by atoms with E-state index in [-0.39, 0.29) is 6.61 Å². The van der Waals surface area contributed by atoms with Gasteiger partial charge < -0.3 is 15.2 Å². The smallest absolute Gasteiger partial charge is 0.119 e. The van der Waals surface area contributed by atoms with E-state index < -0.39 is 0 Å². The lowest BCUT2D eigenvalue weighted by Gasteiger charge is -2.35. The minimum atomic E-state index is 0.222. The molecule has 1 heterocycles. The number of rotatable bonds is 5. The van der Waals surface area contributed by atoms with E-state index >= 15 is 0 Å². The van der Waals surface area contributed by atoms with E-state index in [1.165, 1.54) is 11.1 Å². The molecule has 106 valence electrons. The van der Waals surface area contributed by atoms with Gasteiger partial charge in [0.25, 0.3) is 0 Å². The summed E-state index contributed by atoms with van der Waals surface area (Å²) < 4.78 is 5.26. The number of ether oxygens (including phenoxy) is 1. The maximum absolute atomic E-state index is 9.35. The molecule has 1 saturated heterocycles. The second kappa shape index (κ2) is 6.89. The molecule has 0 spiro atoms. The van der Waals surface area contributed by atoms with Crippen molar-refractivity contribution < 1.29 is 9.84 Å². The fourth-order valence-corrected chi connectivity index (χ4v) is 2.80. The van der Waals surface area contributed by atoms with Gasteiger partial charge in [-0.1, -0.05) is 6.07 Å². The highest BCUT2D eigenvalue weighted by Crippen LogP contribution is 2.29. The number of benzene rings is 1. The first kappa shape index (κ1) is 14.3. The third-order valence-corrected chi connectivity index (χ3v) is 3.83. The average Bonchev–Trinajstić information content (AvgIpc) is 2.46. The van der Waals surface area contributed by atoms with Crippen LogP contribution in [0.15, 0.2) is 18.2 Å². The topological polar surface area (TPSA) is 44.7 Å². The van der Waals surface area contributed by atoms with Crippen molar-refractivity contribution >= 4 is 0 Å². The van der Waals surface area contributed by atoms with Gasteiger partial charge in [0.1, 0.15) is 5.75 Å². The van der Waals surface area contributed by atoms with Crippen LogP contribution in [0, 0.1) is 6.92 Å². The monoisotopic (exact) mass is 264 g/mol. The number of nitrogens with zero attached hydrogens (tertiary/aromatic N) is 1. The van der Waals surface area contributed by atoms with Gasteiger partial charge in [0.05, 0.1) is 7.11 Å². The first-order valence-electron chi connectivity index (χ1n) is 6.96. The predicted octanol–water partition coefficient (Wildman–Crippen LogP) is 1.33. The molecule has 1 atom stereocenters. The van der Waals surface area contributed by atoms with Crippen LogP contribution in [0.3, 0.4) is 0 Å². The van der Waals surface area contributed by atoms with Crippen LogP contribution in [-0.2, 0) is 0 Å². The predicted molar refractivity (Wildman–Crippen MR) is 76.6 cm³/mol. The molecule has 4 heteroatoms. The third-order valence-electron chi connectivity index (χ3n) is 3.83. The first-order valence-corrected chi connectivity index (χ1v) is 6.96. The molecule has 0 radical (unpaired) electrons. The van der Waals surface area contributed by atoms with Crippen LogP contribution in [0.5, 0.6) is 5.75 Å². The maximum atomic E-state index is 9.35. The molecule has 0 aliphatic carbocycles. The highest BCUT2D eigenvalue weighted by molar-refractivity contribution is 5.36. The van der Waals surface area contributed by atoms with Crippen LogP contribution >= 0.6 is 0 Å². The van der Waals surface area contributed by atoms with Crippen molar-refractivity contribution in [2.24, 2.45) is 0 Å². The summed E-state index contributed by atoms with van der Waals surface area (Å²) in [6, 6.07) is 6.52. The Morgan fingerprint density at radius 2 is 2.11 bits per heavy atom. The van der Waals surface area contributed by atoms with Gasteiger partial charge in [0, 0.05) is 38.8 Å². The van der Waals surface area contributed by atoms with Crippen LogP contribution in [0.2, 0.25) is 0 Å². The molecule has 2 rings (SSSR count). The second-order valence-corrected chi connectivity index (χ2v) is 5.04. The summed E-state index contributed by atoms with van der Waals surface area (Å²) >= 11 is 0. The highest BCUT2D eigenvalue weighted by atomic mass is 16.5. The molecular weight excluding hydrogens is 240 g/mol. The standard InChI is InChI=1S/C15H24N2O2/c1-12-11-13(19-2)3-4-14(12)15(5-10-18)17-8-6-16-7-9-17/h3-4,11,15-16,18H,5-10H2,1-2H3/t15-/m0/s1. The van der Waals surface area contributed by atoms with Gasteiger partial charge in [-0.2, -0.15) is 0 Å². The van der Waals surface area contributed by atoms with Crippen LogP contribution in [0.1, 0.15) is 23.6 Å². The largest absolute Gasteiger partial charge is 0.497 e. The summed E-state index contributed by atoms with van der Waals surface area (Å²) in [4.78, 5) is 2.46. The number of methoxy groups -OCH3 is 1. The van der Waals surface area contributed by atoms with E-state index in [4.69, 9.17) is 4.74 Å². The number of piperazine rings is 1. The zero-order valence-electron chi connectivity index (χ0n) is 11.9.